The number of carbonyl (C=O) groups excluding carboxylic acids is 3. The number of hydrogen-bond acceptors (Lipinski definition) is 4. The van der Waals surface area contributed by atoms with Crippen LogP contribution in [0.25, 0.3) is 0 Å². The Morgan fingerprint density at radius 3 is 2.19 bits per heavy atom. The molecule has 2 amide bonds. The van der Waals surface area contributed by atoms with Crippen LogP contribution in [-0.4, -0.2) is 63.4 Å². The van der Waals surface area contributed by atoms with Crippen LogP contribution < -0.4 is 0 Å². The van der Waals surface area contributed by atoms with Gasteiger partial charge in [0.25, 0.3) is 0 Å². The van der Waals surface area contributed by atoms with Crippen molar-refractivity contribution >= 4 is 17.6 Å². The van der Waals surface area contributed by atoms with Crippen LogP contribution in [-0.2, 0) is 16.6 Å². The lowest BCUT2D eigenvalue weighted by molar-refractivity contribution is -0.140. The Balaban J connectivity index is 1.38. The predicted octanol–water partition coefficient (Wildman–Crippen LogP) is 2.02. The first-order valence-electron chi connectivity index (χ1n) is 10.1. The molecule has 0 N–H and O–H groups in total. The monoisotopic (exact) mass is 374 g/mol. The molecule has 7 nitrogen and oxygen atoms in total. The van der Waals surface area contributed by atoms with Crippen molar-refractivity contribution in [2.75, 3.05) is 26.2 Å². The van der Waals surface area contributed by atoms with Crippen molar-refractivity contribution in [3.05, 3.63) is 18.0 Å². The summed E-state index contributed by atoms with van der Waals surface area (Å²) in [7, 11) is 1.76. The molecule has 1 saturated heterocycles. The molecule has 2 heterocycles. The fourth-order valence-electron chi connectivity index (χ4n) is 4.06. The number of aromatic nitrogens is 2. The van der Waals surface area contributed by atoms with Crippen molar-refractivity contribution in [1.29, 1.82) is 0 Å². The van der Waals surface area contributed by atoms with Gasteiger partial charge in [-0.1, -0.05) is 19.3 Å². The van der Waals surface area contributed by atoms with Crippen molar-refractivity contribution in [3.63, 3.8) is 0 Å². The molecule has 148 valence electrons. The van der Waals surface area contributed by atoms with E-state index in [1.807, 2.05) is 4.90 Å². The standard InChI is InChI=1S/C20H30N4O3/c1-22-15-17(14-21-22)18(25)7-8-19(26)23-9-11-24(12-10-23)20(27)13-16-5-3-2-4-6-16/h14-16H,2-13H2,1H3. The lowest BCUT2D eigenvalue weighted by atomic mass is 9.86. The molecule has 2 aliphatic rings. The fourth-order valence-corrected chi connectivity index (χ4v) is 4.06. The van der Waals surface area contributed by atoms with E-state index in [0.29, 0.717) is 44.1 Å². The van der Waals surface area contributed by atoms with Gasteiger partial charge in [0.2, 0.25) is 11.8 Å². The van der Waals surface area contributed by atoms with Crippen molar-refractivity contribution in [2.24, 2.45) is 13.0 Å². The Morgan fingerprint density at radius 2 is 1.59 bits per heavy atom. The largest absolute Gasteiger partial charge is 0.339 e. The van der Waals surface area contributed by atoms with Gasteiger partial charge in [0, 0.05) is 58.7 Å². The molecule has 0 unspecified atom stereocenters. The second kappa shape index (κ2) is 9.15. The first kappa shape index (κ1) is 19.6. The second-order valence-corrected chi connectivity index (χ2v) is 7.80. The summed E-state index contributed by atoms with van der Waals surface area (Å²) in [6.45, 7) is 2.34. The maximum atomic E-state index is 12.5. The van der Waals surface area contributed by atoms with Crippen LogP contribution in [0.3, 0.4) is 0 Å². The molecule has 3 rings (SSSR count). The molecule has 0 bridgehead atoms. The Bertz CT molecular complexity index is 671. The molecule has 0 atom stereocenters. The molecule has 1 aromatic rings. The quantitative estimate of drug-likeness (QED) is 0.714. The Kier molecular flexibility index (Phi) is 6.63. The van der Waals surface area contributed by atoms with Gasteiger partial charge < -0.3 is 9.80 Å². The summed E-state index contributed by atoms with van der Waals surface area (Å²) in [5, 5.41) is 3.98. The van der Waals surface area contributed by atoms with Crippen LogP contribution in [0.2, 0.25) is 0 Å². The highest BCUT2D eigenvalue weighted by Gasteiger charge is 2.26. The minimum atomic E-state index is -0.0576. The summed E-state index contributed by atoms with van der Waals surface area (Å²) < 4.78 is 1.58. The summed E-state index contributed by atoms with van der Waals surface area (Å²) in [6, 6.07) is 0. The van der Waals surface area contributed by atoms with Gasteiger partial charge in [-0.2, -0.15) is 5.10 Å². The number of piperazine rings is 1. The van der Waals surface area contributed by atoms with Crippen LogP contribution in [0.15, 0.2) is 12.4 Å². The molecule has 0 radical (unpaired) electrons. The van der Waals surface area contributed by atoms with Crippen LogP contribution in [0.5, 0.6) is 0 Å². The zero-order valence-electron chi connectivity index (χ0n) is 16.2. The zero-order chi connectivity index (χ0) is 19.2. The average Bonchev–Trinajstić information content (AvgIpc) is 3.13. The van der Waals surface area contributed by atoms with E-state index in [-0.39, 0.29) is 30.4 Å². The minimum Gasteiger partial charge on any atom is -0.339 e. The van der Waals surface area contributed by atoms with E-state index < -0.39 is 0 Å². The molecule has 0 spiro atoms. The molecular formula is C20H30N4O3. The van der Waals surface area contributed by atoms with Gasteiger partial charge in [-0.15, -0.1) is 0 Å². The van der Waals surface area contributed by atoms with Crippen molar-refractivity contribution in [2.45, 2.75) is 51.4 Å². The molecule has 0 aromatic carbocycles. The highest BCUT2D eigenvalue weighted by Crippen LogP contribution is 2.27. The Hall–Kier alpha value is -2.18. The average molecular weight is 374 g/mol. The van der Waals surface area contributed by atoms with E-state index >= 15 is 0 Å². The van der Waals surface area contributed by atoms with Crippen molar-refractivity contribution in [1.82, 2.24) is 19.6 Å². The van der Waals surface area contributed by atoms with E-state index in [0.717, 1.165) is 0 Å². The fraction of sp³-hybridized carbons (Fsp3) is 0.700. The third kappa shape index (κ3) is 5.40. The molecule has 1 saturated carbocycles. The summed E-state index contributed by atoms with van der Waals surface area (Å²) in [6.07, 6.45) is 10.4. The normalized spacial score (nSPS) is 18.6. The van der Waals surface area contributed by atoms with E-state index in [1.54, 1.807) is 22.8 Å². The number of ketones is 1. The van der Waals surface area contributed by atoms with Crippen LogP contribution in [0.1, 0.15) is 61.7 Å². The molecule has 1 aliphatic carbocycles. The van der Waals surface area contributed by atoms with Gasteiger partial charge in [0.1, 0.15) is 0 Å². The molecular weight excluding hydrogens is 344 g/mol. The lowest BCUT2D eigenvalue weighted by Crippen LogP contribution is -2.50. The molecule has 1 aromatic heterocycles. The van der Waals surface area contributed by atoms with Gasteiger partial charge in [0.05, 0.1) is 11.8 Å². The highest BCUT2D eigenvalue weighted by atomic mass is 16.2. The van der Waals surface area contributed by atoms with Crippen molar-refractivity contribution in [3.8, 4) is 0 Å². The third-order valence-corrected chi connectivity index (χ3v) is 5.77. The van der Waals surface area contributed by atoms with Gasteiger partial charge in [-0.25, -0.2) is 0 Å². The first-order chi connectivity index (χ1) is 13.0. The summed E-state index contributed by atoms with van der Waals surface area (Å²) in [4.78, 5) is 40.6. The van der Waals surface area contributed by atoms with E-state index in [4.69, 9.17) is 0 Å². The maximum Gasteiger partial charge on any atom is 0.223 e. The van der Waals surface area contributed by atoms with Gasteiger partial charge >= 0.3 is 0 Å². The number of amides is 2. The number of rotatable bonds is 6. The number of carbonyl (C=O) groups is 3. The number of aryl methyl sites for hydroxylation is 1. The Labute approximate surface area is 160 Å². The van der Waals surface area contributed by atoms with E-state index in [2.05, 4.69) is 5.10 Å². The van der Waals surface area contributed by atoms with Crippen LogP contribution in [0, 0.1) is 5.92 Å². The van der Waals surface area contributed by atoms with E-state index in [9.17, 15) is 14.4 Å². The Morgan fingerprint density at radius 1 is 0.963 bits per heavy atom. The zero-order valence-corrected chi connectivity index (χ0v) is 16.2. The van der Waals surface area contributed by atoms with Crippen molar-refractivity contribution < 1.29 is 14.4 Å². The highest BCUT2D eigenvalue weighted by molar-refractivity contribution is 5.97. The molecule has 27 heavy (non-hydrogen) atoms. The minimum absolute atomic E-state index is 0.00776. The first-order valence-corrected chi connectivity index (χ1v) is 10.1. The predicted molar refractivity (Wildman–Crippen MR) is 101 cm³/mol. The van der Waals surface area contributed by atoms with Crippen LogP contribution in [0.4, 0.5) is 0 Å². The summed E-state index contributed by atoms with van der Waals surface area (Å²) in [5.74, 6) is 0.717. The summed E-state index contributed by atoms with van der Waals surface area (Å²) in [5.41, 5.74) is 0.545. The van der Waals surface area contributed by atoms with Gasteiger partial charge in [-0.05, 0) is 18.8 Å². The molecule has 2 fully saturated rings. The van der Waals surface area contributed by atoms with E-state index in [1.165, 1.54) is 38.3 Å². The number of hydrogen-bond donors (Lipinski definition) is 0. The van der Waals surface area contributed by atoms with Gasteiger partial charge in [-0.3, -0.25) is 19.1 Å². The molecule has 1 aliphatic heterocycles. The smallest absolute Gasteiger partial charge is 0.223 e. The number of nitrogens with zero attached hydrogens (tertiary/aromatic N) is 4. The maximum absolute atomic E-state index is 12.5. The van der Waals surface area contributed by atoms with Gasteiger partial charge in [0.15, 0.2) is 5.78 Å². The molecule has 7 heteroatoms. The lowest BCUT2D eigenvalue weighted by Gasteiger charge is -2.35. The second-order valence-electron chi connectivity index (χ2n) is 7.80. The number of Topliss-reactive ketones (excluding diaryl/α,β-unsaturated/α-hetero) is 1. The third-order valence-electron chi connectivity index (χ3n) is 5.77. The SMILES string of the molecule is Cn1cc(C(=O)CCC(=O)N2CCN(C(=O)CC3CCCCC3)CC2)cn1. The summed E-state index contributed by atoms with van der Waals surface area (Å²) >= 11 is 0. The topological polar surface area (TPSA) is 75.5 Å². The van der Waals surface area contributed by atoms with Crippen LogP contribution >= 0.6 is 0 Å².